The van der Waals surface area contributed by atoms with E-state index >= 15 is 0 Å². The lowest BCUT2D eigenvalue weighted by atomic mass is 10.1. The van der Waals surface area contributed by atoms with E-state index in [1.54, 1.807) is 6.07 Å². The van der Waals surface area contributed by atoms with E-state index in [1.807, 2.05) is 6.07 Å². The van der Waals surface area contributed by atoms with E-state index in [-0.39, 0.29) is 12.4 Å². The standard InChI is InChI=1S/C18H26FNO/c1-14(2)11-20(12-15(3)4)13-17-8-16(6-5-7-21)9-18(19)10-17/h8-10,14-15,21H,7,11-13H2,1-4H3. The van der Waals surface area contributed by atoms with Crippen molar-refractivity contribution in [3.05, 3.63) is 35.1 Å². The van der Waals surface area contributed by atoms with Crippen LogP contribution in [0.2, 0.25) is 0 Å². The van der Waals surface area contributed by atoms with Gasteiger partial charge in [-0.05, 0) is 35.6 Å². The zero-order valence-electron chi connectivity index (χ0n) is 13.5. The molecule has 116 valence electrons. The van der Waals surface area contributed by atoms with Crippen LogP contribution in [0.5, 0.6) is 0 Å². The van der Waals surface area contributed by atoms with Crippen LogP contribution in [0.25, 0.3) is 0 Å². The molecule has 3 heteroatoms. The van der Waals surface area contributed by atoms with Crippen LogP contribution in [0.15, 0.2) is 18.2 Å². The molecule has 1 aromatic carbocycles. The van der Waals surface area contributed by atoms with E-state index in [4.69, 9.17) is 5.11 Å². The van der Waals surface area contributed by atoms with Crippen molar-refractivity contribution in [3.63, 3.8) is 0 Å². The molecule has 0 spiro atoms. The monoisotopic (exact) mass is 291 g/mol. The van der Waals surface area contributed by atoms with Crippen molar-refractivity contribution in [2.24, 2.45) is 11.8 Å². The van der Waals surface area contributed by atoms with Crippen LogP contribution in [0.1, 0.15) is 38.8 Å². The molecule has 2 nitrogen and oxygen atoms in total. The van der Waals surface area contributed by atoms with Crippen molar-refractivity contribution in [1.29, 1.82) is 0 Å². The fourth-order valence-corrected chi connectivity index (χ4v) is 2.45. The summed E-state index contributed by atoms with van der Waals surface area (Å²) < 4.78 is 13.7. The lowest BCUT2D eigenvalue weighted by molar-refractivity contribution is 0.211. The highest BCUT2D eigenvalue weighted by Gasteiger charge is 2.11. The predicted octanol–water partition coefficient (Wildman–Crippen LogP) is 3.28. The van der Waals surface area contributed by atoms with E-state index in [2.05, 4.69) is 44.4 Å². The molecule has 21 heavy (non-hydrogen) atoms. The second-order valence-electron chi connectivity index (χ2n) is 6.29. The van der Waals surface area contributed by atoms with Gasteiger partial charge >= 0.3 is 0 Å². The van der Waals surface area contributed by atoms with Gasteiger partial charge in [0.15, 0.2) is 0 Å². The van der Waals surface area contributed by atoms with Crippen molar-refractivity contribution < 1.29 is 9.50 Å². The largest absolute Gasteiger partial charge is 0.384 e. The van der Waals surface area contributed by atoms with Crippen molar-refractivity contribution in [1.82, 2.24) is 4.90 Å². The van der Waals surface area contributed by atoms with Crippen LogP contribution in [0.3, 0.4) is 0 Å². The maximum absolute atomic E-state index is 13.7. The van der Waals surface area contributed by atoms with Crippen LogP contribution < -0.4 is 0 Å². The summed E-state index contributed by atoms with van der Waals surface area (Å²) in [4.78, 5) is 2.35. The lowest BCUT2D eigenvalue weighted by Crippen LogP contribution is -2.31. The molecule has 1 rings (SSSR count). The quantitative estimate of drug-likeness (QED) is 0.813. The molecular weight excluding hydrogens is 265 g/mol. The van der Waals surface area contributed by atoms with E-state index in [9.17, 15) is 4.39 Å². The highest BCUT2D eigenvalue weighted by molar-refractivity contribution is 5.37. The Hall–Kier alpha value is -1.37. The third-order valence-electron chi connectivity index (χ3n) is 2.92. The van der Waals surface area contributed by atoms with Gasteiger partial charge in [-0.15, -0.1) is 0 Å². The Bertz CT molecular complexity index is 490. The Kier molecular flexibility index (Phi) is 7.42. The molecule has 0 saturated carbocycles. The average Bonchev–Trinajstić information content (AvgIpc) is 2.33. The van der Waals surface area contributed by atoms with Crippen molar-refractivity contribution in [3.8, 4) is 11.8 Å². The molecular formula is C18H26FNO. The smallest absolute Gasteiger partial charge is 0.124 e. The van der Waals surface area contributed by atoms with E-state index in [0.717, 1.165) is 25.2 Å². The molecule has 0 atom stereocenters. The van der Waals surface area contributed by atoms with Crippen LogP contribution >= 0.6 is 0 Å². The minimum absolute atomic E-state index is 0.210. The lowest BCUT2D eigenvalue weighted by Gasteiger charge is -2.26. The Morgan fingerprint density at radius 1 is 1.10 bits per heavy atom. The summed E-state index contributed by atoms with van der Waals surface area (Å²) in [6, 6.07) is 4.87. The Morgan fingerprint density at radius 2 is 1.71 bits per heavy atom. The molecule has 0 amide bonds. The number of hydrogen-bond donors (Lipinski definition) is 1. The van der Waals surface area contributed by atoms with Crippen LogP contribution in [-0.2, 0) is 6.54 Å². The minimum atomic E-state index is -0.274. The number of rotatable bonds is 6. The predicted molar refractivity (Wildman–Crippen MR) is 85.3 cm³/mol. The first-order chi connectivity index (χ1) is 9.90. The fourth-order valence-electron chi connectivity index (χ4n) is 2.45. The normalized spacial score (nSPS) is 11.1. The van der Waals surface area contributed by atoms with Gasteiger partial charge in [-0.2, -0.15) is 0 Å². The van der Waals surface area contributed by atoms with Gasteiger partial charge in [0.25, 0.3) is 0 Å². The van der Waals surface area contributed by atoms with Crippen molar-refractivity contribution in [2.45, 2.75) is 34.2 Å². The molecule has 0 saturated heterocycles. The fraction of sp³-hybridized carbons (Fsp3) is 0.556. The van der Waals surface area contributed by atoms with Gasteiger partial charge < -0.3 is 5.11 Å². The first kappa shape index (κ1) is 17.7. The summed E-state index contributed by atoms with van der Waals surface area (Å²) in [6.45, 7) is 11.3. The number of aliphatic hydroxyl groups excluding tert-OH is 1. The molecule has 0 radical (unpaired) electrons. The third kappa shape index (κ3) is 7.27. The summed E-state index contributed by atoms with van der Waals surface area (Å²) in [5.74, 6) is 6.21. The highest BCUT2D eigenvalue weighted by Crippen LogP contribution is 2.14. The number of halogens is 1. The summed E-state index contributed by atoms with van der Waals surface area (Å²) >= 11 is 0. The zero-order chi connectivity index (χ0) is 15.8. The second kappa shape index (κ2) is 8.81. The Labute approximate surface area is 128 Å². The highest BCUT2D eigenvalue weighted by atomic mass is 19.1. The van der Waals surface area contributed by atoms with Crippen molar-refractivity contribution >= 4 is 0 Å². The first-order valence-corrected chi connectivity index (χ1v) is 7.52. The SMILES string of the molecule is CC(C)CN(Cc1cc(F)cc(C#CCO)c1)CC(C)C. The maximum Gasteiger partial charge on any atom is 0.124 e. The van der Waals surface area contributed by atoms with Crippen LogP contribution in [0.4, 0.5) is 4.39 Å². The number of nitrogens with zero attached hydrogens (tertiary/aromatic N) is 1. The van der Waals surface area contributed by atoms with Gasteiger partial charge in [0.2, 0.25) is 0 Å². The van der Waals surface area contributed by atoms with E-state index in [0.29, 0.717) is 17.4 Å². The van der Waals surface area contributed by atoms with Gasteiger partial charge in [-0.3, -0.25) is 4.90 Å². The summed E-state index contributed by atoms with van der Waals surface area (Å²) in [7, 11) is 0. The second-order valence-corrected chi connectivity index (χ2v) is 6.29. The van der Waals surface area contributed by atoms with Gasteiger partial charge in [-0.25, -0.2) is 4.39 Å². The van der Waals surface area contributed by atoms with Gasteiger partial charge in [0.1, 0.15) is 12.4 Å². The molecule has 0 unspecified atom stereocenters. The molecule has 0 fully saturated rings. The Balaban J connectivity index is 2.89. The van der Waals surface area contributed by atoms with Gasteiger partial charge in [0, 0.05) is 25.2 Å². The molecule has 0 bridgehead atoms. The molecule has 1 N–H and O–H groups in total. The Morgan fingerprint density at radius 3 is 2.24 bits per heavy atom. The third-order valence-corrected chi connectivity index (χ3v) is 2.92. The van der Waals surface area contributed by atoms with Crippen LogP contribution in [0, 0.1) is 29.5 Å². The molecule has 0 aliphatic carbocycles. The van der Waals surface area contributed by atoms with Crippen LogP contribution in [-0.4, -0.2) is 29.7 Å². The topological polar surface area (TPSA) is 23.5 Å². The van der Waals surface area contributed by atoms with Crippen molar-refractivity contribution in [2.75, 3.05) is 19.7 Å². The summed E-state index contributed by atoms with van der Waals surface area (Å²) in [5.41, 5.74) is 1.55. The van der Waals surface area contributed by atoms with Gasteiger partial charge in [0.05, 0.1) is 0 Å². The molecule has 0 aliphatic heterocycles. The maximum atomic E-state index is 13.7. The number of hydrogen-bond acceptors (Lipinski definition) is 2. The summed E-state index contributed by atoms with van der Waals surface area (Å²) in [6.07, 6.45) is 0. The molecule has 0 heterocycles. The first-order valence-electron chi connectivity index (χ1n) is 7.52. The number of benzene rings is 1. The van der Waals surface area contributed by atoms with E-state index in [1.165, 1.54) is 6.07 Å². The van der Waals surface area contributed by atoms with Gasteiger partial charge in [-0.1, -0.05) is 39.5 Å². The molecule has 1 aromatic rings. The summed E-state index contributed by atoms with van der Waals surface area (Å²) in [5, 5.41) is 8.73. The average molecular weight is 291 g/mol. The number of aliphatic hydroxyl groups is 1. The minimum Gasteiger partial charge on any atom is -0.384 e. The zero-order valence-corrected chi connectivity index (χ0v) is 13.5. The molecule has 0 aromatic heterocycles. The molecule has 0 aliphatic rings. The van der Waals surface area contributed by atoms with E-state index < -0.39 is 0 Å².